The van der Waals surface area contributed by atoms with Gasteiger partial charge in [-0.15, -0.1) is 0 Å². The molecule has 0 aliphatic carbocycles. The Morgan fingerprint density at radius 1 is 1.03 bits per heavy atom. The van der Waals surface area contributed by atoms with Gasteiger partial charge in [-0.1, -0.05) is 32.8 Å². The van der Waals surface area contributed by atoms with Crippen molar-refractivity contribution in [2.75, 3.05) is 13.2 Å². The molecule has 0 saturated carbocycles. The molecule has 0 aliphatic rings. The number of carbonyl (C=O) groups is 1. The van der Waals surface area contributed by atoms with Crippen LogP contribution in [0.2, 0.25) is 0 Å². The summed E-state index contributed by atoms with van der Waals surface area (Å²) in [6.07, 6.45) is 6.61. The standard InChI is InChI=1S/C27H36N4O6/c1-5-9-15-31-25-24(26(33)29-27(31)34)30(7-3)22(28-25)18-37-23(32)14-12-19-11-13-20(36-16-10-6-2)21(17-19)35-8-4/h11-14,17H,5-10,15-16,18H2,1-4H3,(H,29,33,34)/b14-12+. The zero-order valence-electron chi connectivity index (χ0n) is 22.0. The highest BCUT2D eigenvalue weighted by atomic mass is 16.5. The van der Waals surface area contributed by atoms with E-state index in [1.807, 2.05) is 39.0 Å². The molecule has 10 nitrogen and oxygen atoms in total. The van der Waals surface area contributed by atoms with E-state index >= 15 is 0 Å². The lowest BCUT2D eigenvalue weighted by Gasteiger charge is -2.12. The Labute approximate surface area is 215 Å². The molecule has 0 atom stereocenters. The third-order valence-corrected chi connectivity index (χ3v) is 5.79. The summed E-state index contributed by atoms with van der Waals surface area (Å²) in [7, 11) is 0. The monoisotopic (exact) mass is 512 g/mol. The van der Waals surface area contributed by atoms with Crippen molar-refractivity contribution in [1.82, 2.24) is 19.1 Å². The van der Waals surface area contributed by atoms with Crippen molar-refractivity contribution in [1.29, 1.82) is 0 Å². The first-order chi connectivity index (χ1) is 17.9. The van der Waals surface area contributed by atoms with Crippen LogP contribution in [0.1, 0.15) is 64.8 Å². The second-order valence-electron chi connectivity index (χ2n) is 8.49. The normalized spacial score (nSPS) is 11.4. The van der Waals surface area contributed by atoms with Gasteiger partial charge in [0.15, 0.2) is 22.7 Å². The summed E-state index contributed by atoms with van der Waals surface area (Å²) in [5.41, 5.74) is 0.355. The number of rotatable bonds is 14. The number of esters is 1. The van der Waals surface area contributed by atoms with E-state index in [-0.39, 0.29) is 6.61 Å². The number of nitrogens with one attached hydrogen (secondary N) is 1. The Kier molecular flexibility index (Phi) is 10.1. The smallest absolute Gasteiger partial charge is 0.331 e. The Hall–Kier alpha value is -3.82. The van der Waals surface area contributed by atoms with E-state index < -0.39 is 17.2 Å². The molecule has 0 amide bonds. The molecule has 2 heterocycles. The maximum absolute atomic E-state index is 12.5. The number of aromatic nitrogens is 4. The first-order valence-corrected chi connectivity index (χ1v) is 12.9. The van der Waals surface area contributed by atoms with Gasteiger partial charge in [0.05, 0.1) is 13.2 Å². The van der Waals surface area contributed by atoms with Crippen molar-refractivity contribution < 1.29 is 19.0 Å². The largest absolute Gasteiger partial charge is 0.490 e. The number of aryl methyl sites for hydroxylation is 2. The van der Waals surface area contributed by atoms with Crippen LogP contribution < -0.4 is 20.7 Å². The number of hydrogen-bond donors (Lipinski definition) is 1. The molecule has 0 fully saturated rings. The van der Waals surface area contributed by atoms with E-state index in [0.29, 0.717) is 54.8 Å². The molecular weight excluding hydrogens is 476 g/mol. The fourth-order valence-electron chi connectivity index (χ4n) is 3.88. The number of unbranched alkanes of at least 4 members (excludes halogenated alkanes) is 2. The van der Waals surface area contributed by atoms with Crippen LogP contribution in [-0.4, -0.2) is 38.3 Å². The van der Waals surface area contributed by atoms with Gasteiger partial charge in [-0.3, -0.25) is 14.3 Å². The Morgan fingerprint density at radius 2 is 1.81 bits per heavy atom. The highest BCUT2D eigenvalue weighted by molar-refractivity contribution is 5.87. The van der Waals surface area contributed by atoms with Crippen LogP contribution in [0.5, 0.6) is 11.5 Å². The minimum atomic E-state index is -0.562. The Balaban J connectivity index is 1.75. The molecule has 0 bridgehead atoms. The van der Waals surface area contributed by atoms with Gasteiger partial charge < -0.3 is 18.8 Å². The highest BCUT2D eigenvalue weighted by Crippen LogP contribution is 2.29. The van der Waals surface area contributed by atoms with Crippen LogP contribution >= 0.6 is 0 Å². The van der Waals surface area contributed by atoms with Crippen molar-refractivity contribution in [3.63, 3.8) is 0 Å². The molecule has 1 N–H and O–H groups in total. The molecule has 3 aromatic rings. The minimum absolute atomic E-state index is 0.137. The molecular formula is C27H36N4O6. The van der Waals surface area contributed by atoms with Crippen molar-refractivity contribution in [2.45, 2.75) is 73.1 Å². The maximum atomic E-state index is 12.5. The summed E-state index contributed by atoms with van der Waals surface area (Å²) in [4.78, 5) is 44.2. The predicted molar refractivity (Wildman–Crippen MR) is 142 cm³/mol. The summed E-state index contributed by atoms with van der Waals surface area (Å²) < 4.78 is 20.0. The van der Waals surface area contributed by atoms with E-state index in [0.717, 1.165) is 31.2 Å². The number of aromatic amines is 1. The average Bonchev–Trinajstić information content (AvgIpc) is 3.26. The molecule has 2 aromatic heterocycles. The van der Waals surface area contributed by atoms with Gasteiger partial charge in [0.2, 0.25) is 0 Å². The number of carbonyl (C=O) groups excluding carboxylic acids is 1. The lowest BCUT2D eigenvalue weighted by Crippen LogP contribution is -2.31. The first kappa shape index (κ1) is 27.8. The van der Waals surface area contributed by atoms with Gasteiger partial charge >= 0.3 is 11.7 Å². The quantitative estimate of drug-likeness (QED) is 0.197. The number of hydrogen-bond acceptors (Lipinski definition) is 7. The highest BCUT2D eigenvalue weighted by Gasteiger charge is 2.18. The summed E-state index contributed by atoms with van der Waals surface area (Å²) in [6, 6.07) is 5.48. The number of benzene rings is 1. The Morgan fingerprint density at radius 3 is 2.51 bits per heavy atom. The van der Waals surface area contributed by atoms with Crippen molar-refractivity contribution in [3.05, 3.63) is 56.5 Å². The number of H-pyrrole nitrogens is 1. The van der Waals surface area contributed by atoms with Crippen molar-refractivity contribution in [3.8, 4) is 11.5 Å². The zero-order valence-corrected chi connectivity index (χ0v) is 22.0. The third-order valence-electron chi connectivity index (χ3n) is 5.79. The zero-order chi connectivity index (χ0) is 26.8. The van der Waals surface area contributed by atoms with Gasteiger partial charge in [-0.25, -0.2) is 14.6 Å². The fraction of sp³-hybridized carbons (Fsp3) is 0.481. The molecule has 3 rings (SSSR count). The van der Waals surface area contributed by atoms with Gasteiger partial charge in [0.1, 0.15) is 12.4 Å². The van der Waals surface area contributed by atoms with E-state index in [4.69, 9.17) is 14.2 Å². The summed E-state index contributed by atoms with van der Waals surface area (Å²) >= 11 is 0. The van der Waals surface area contributed by atoms with Gasteiger partial charge in [-0.05, 0) is 50.5 Å². The van der Waals surface area contributed by atoms with E-state index in [2.05, 4.69) is 16.9 Å². The Bertz CT molecular complexity index is 1350. The van der Waals surface area contributed by atoms with E-state index in [1.165, 1.54) is 10.6 Å². The molecule has 10 heteroatoms. The van der Waals surface area contributed by atoms with Crippen LogP contribution in [0.3, 0.4) is 0 Å². The molecule has 200 valence electrons. The number of imidazole rings is 1. The molecule has 0 unspecified atom stereocenters. The second kappa shape index (κ2) is 13.5. The van der Waals surface area contributed by atoms with Crippen LogP contribution in [-0.2, 0) is 29.2 Å². The summed E-state index contributed by atoms with van der Waals surface area (Å²) in [5, 5.41) is 0. The topological polar surface area (TPSA) is 117 Å². The van der Waals surface area contributed by atoms with Gasteiger partial charge in [0.25, 0.3) is 5.56 Å². The summed E-state index contributed by atoms with van der Waals surface area (Å²) in [6.45, 7) is 9.72. The lowest BCUT2D eigenvalue weighted by molar-refractivity contribution is -0.139. The second-order valence-corrected chi connectivity index (χ2v) is 8.49. The average molecular weight is 513 g/mol. The van der Waals surface area contributed by atoms with Crippen LogP contribution in [0.4, 0.5) is 0 Å². The van der Waals surface area contributed by atoms with Gasteiger partial charge in [-0.2, -0.15) is 0 Å². The van der Waals surface area contributed by atoms with Crippen molar-refractivity contribution >= 4 is 23.2 Å². The molecule has 0 radical (unpaired) electrons. The lowest BCUT2D eigenvalue weighted by atomic mass is 10.2. The van der Waals surface area contributed by atoms with Crippen LogP contribution in [0.25, 0.3) is 17.2 Å². The van der Waals surface area contributed by atoms with Gasteiger partial charge in [0, 0.05) is 19.2 Å². The van der Waals surface area contributed by atoms with E-state index in [9.17, 15) is 14.4 Å². The fourth-order valence-corrected chi connectivity index (χ4v) is 3.88. The SMILES string of the molecule is CCCCOc1ccc(/C=C/C(=O)OCc2nc3c(c(=O)[nH]c(=O)n3CCCC)n2CC)cc1OCC. The maximum Gasteiger partial charge on any atom is 0.331 e. The molecule has 0 spiro atoms. The molecule has 0 aliphatic heterocycles. The number of fused-ring (bicyclic) bond motifs is 1. The van der Waals surface area contributed by atoms with Crippen LogP contribution in [0, 0.1) is 0 Å². The van der Waals surface area contributed by atoms with E-state index in [1.54, 1.807) is 10.6 Å². The van der Waals surface area contributed by atoms with Crippen LogP contribution in [0.15, 0.2) is 33.9 Å². The minimum Gasteiger partial charge on any atom is -0.490 e. The molecule has 1 aromatic carbocycles. The molecule has 37 heavy (non-hydrogen) atoms. The van der Waals surface area contributed by atoms with Crippen molar-refractivity contribution in [2.24, 2.45) is 0 Å². The third kappa shape index (κ3) is 6.90. The number of ether oxygens (including phenoxy) is 3. The summed E-state index contributed by atoms with van der Waals surface area (Å²) in [5.74, 6) is 1.12. The predicted octanol–water partition coefficient (Wildman–Crippen LogP) is 4.04. The number of nitrogens with zero attached hydrogens (tertiary/aromatic N) is 3. The first-order valence-electron chi connectivity index (χ1n) is 12.9. The molecule has 0 saturated heterocycles.